The number of benzene rings is 2. The molecule has 6 nitrogen and oxygen atoms in total. The number of allylic oxidation sites excluding steroid dienone is 3. The van der Waals surface area contributed by atoms with Crippen molar-refractivity contribution in [2.75, 3.05) is 6.61 Å². The number of rotatable bonds is 10. The van der Waals surface area contributed by atoms with Crippen molar-refractivity contribution >= 4 is 5.78 Å². The van der Waals surface area contributed by atoms with Gasteiger partial charge in [-0.2, -0.15) is 0 Å². The molecule has 0 saturated carbocycles. The smallest absolute Gasteiger partial charge is 0.170 e. The number of hydrogen-bond donors (Lipinski definition) is 5. The van der Waals surface area contributed by atoms with E-state index in [9.17, 15) is 30.3 Å². The maximum absolute atomic E-state index is 12.7. The largest absolute Gasteiger partial charge is 0.508 e. The molecule has 0 fully saturated rings. The molecule has 6 heteroatoms. The lowest BCUT2D eigenvalue weighted by molar-refractivity contribution is 0.0977. The molecule has 0 bridgehead atoms. The summed E-state index contributed by atoms with van der Waals surface area (Å²) in [6.07, 6.45) is 5.70. The first-order valence-corrected chi connectivity index (χ1v) is 10.2. The Hall–Kier alpha value is -3.25. The summed E-state index contributed by atoms with van der Waals surface area (Å²) in [7, 11) is 0. The molecule has 0 amide bonds. The Balaban J connectivity index is 2.19. The molecule has 2 aromatic rings. The molecule has 0 aliphatic carbocycles. The number of carbonyl (C=O) groups excluding carboxylic acids is 1. The summed E-state index contributed by atoms with van der Waals surface area (Å²) in [6, 6.07) is 7.49. The van der Waals surface area contributed by atoms with Gasteiger partial charge in [-0.25, -0.2) is 0 Å². The Kier molecular flexibility index (Phi) is 8.70. The molecular weight excluding hydrogens is 396 g/mol. The molecule has 0 aromatic heterocycles. The number of aromatic hydroxyl groups is 4. The summed E-state index contributed by atoms with van der Waals surface area (Å²) >= 11 is 0. The average Bonchev–Trinajstić information content (AvgIpc) is 2.71. The molecule has 0 radical (unpaired) electrons. The van der Waals surface area contributed by atoms with Gasteiger partial charge in [-0.3, -0.25) is 4.79 Å². The van der Waals surface area contributed by atoms with Gasteiger partial charge in [-0.1, -0.05) is 29.9 Å². The van der Waals surface area contributed by atoms with Crippen molar-refractivity contribution in [1.29, 1.82) is 0 Å². The first-order valence-electron chi connectivity index (χ1n) is 10.2. The topological polar surface area (TPSA) is 118 Å². The highest BCUT2D eigenvalue weighted by molar-refractivity contribution is 6.02. The normalized spacial score (nSPS) is 11.4. The van der Waals surface area contributed by atoms with Crippen LogP contribution >= 0.6 is 0 Å². The number of aliphatic hydroxyl groups is 1. The van der Waals surface area contributed by atoms with E-state index in [-0.39, 0.29) is 42.1 Å². The van der Waals surface area contributed by atoms with Crippen LogP contribution < -0.4 is 0 Å². The van der Waals surface area contributed by atoms with Crippen molar-refractivity contribution in [2.45, 2.75) is 46.0 Å². The molecule has 0 aliphatic rings. The zero-order valence-corrected chi connectivity index (χ0v) is 17.9. The molecule has 0 aliphatic heterocycles. The van der Waals surface area contributed by atoms with Gasteiger partial charge in [0, 0.05) is 18.1 Å². The van der Waals surface area contributed by atoms with Gasteiger partial charge in [0.15, 0.2) is 5.78 Å². The van der Waals surface area contributed by atoms with E-state index in [2.05, 4.69) is 6.08 Å². The molecule has 0 atom stereocenters. The van der Waals surface area contributed by atoms with Crippen molar-refractivity contribution in [3.63, 3.8) is 0 Å². The van der Waals surface area contributed by atoms with E-state index in [1.54, 1.807) is 18.2 Å². The molecule has 0 spiro atoms. The fourth-order valence-corrected chi connectivity index (χ4v) is 3.24. The molecule has 166 valence electrons. The van der Waals surface area contributed by atoms with Crippen molar-refractivity contribution in [3.05, 3.63) is 70.3 Å². The Morgan fingerprint density at radius 1 is 0.935 bits per heavy atom. The molecule has 2 aromatic carbocycles. The predicted octanol–water partition coefficient (Wildman–Crippen LogP) is 4.53. The highest BCUT2D eigenvalue weighted by Gasteiger charge is 2.22. The summed E-state index contributed by atoms with van der Waals surface area (Å²) in [4.78, 5) is 12.7. The first-order chi connectivity index (χ1) is 14.7. The minimum Gasteiger partial charge on any atom is -0.508 e. The number of ketones is 1. The van der Waals surface area contributed by atoms with Crippen molar-refractivity contribution in [1.82, 2.24) is 0 Å². The number of aliphatic hydroxyl groups excluding tert-OH is 1. The van der Waals surface area contributed by atoms with Gasteiger partial charge in [0.2, 0.25) is 0 Å². The summed E-state index contributed by atoms with van der Waals surface area (Å²) in [5, 5.41) is 49.9. The van der Waals surface area contributed by atoms with E-state index in [0.717, 1.165) is 23.6 Å². The number of Topliss-reactive ketones (excluding diaryl/α,β-unsaturated/α-hetero) is 1. The van der Waals surface area contributed by atoms with E-state index in [1.165, 1.54) is 17.7 Å². The maximum atomic E-state index is 12.7. The predicted molar refractivity (Wildman–Crippen MR) is 120 cm³/mol. The number of aryl methyl sites for hydroxylation is 1. The summed E-state index contributed by atoms with van der Waals surface area (Å²) in [5.74, 6) is -1.58. The zero-order valence-electron chi connectivity index (χ0n) is 17.9. The van der Waals surface area contributed by atoms with Crippen LogP contribution in [0.3, 0.4) is 0 Å². The van der Waals surface area contributed by atoms with Gasteiger partial charge in [0.05, 0.1) is 6.61 Å². The van der Waals surface area contributed by atoms with Crippen LogP contribution in [0, 0.1) is 0 Å². The maximum Gasteiger partial charge on any atom is 0.170 e. The molecule has 2 rings (SSSR count). The summed E-state index contributed by atoms with van der Waals surface area (Å²) in [6.45, 7) is 3.85. The molecule has 31 heavy (non-hydrogen) atoms. The minimum absolute atomic E-state index is 0.0382. The second kappa shape index (κ2) is 11.2. The van der Waals surface area contributed by atoms with E-state index >= 15 is 0 Å². The van der Waals surface area contributed by atoms with Crippen LogP contribution in [0.2, 0.25) is 0 Å². The highest BCUT2D eigenvalue weighted by atomic mass is 16.3. The molecular formula is C25H30O6. The number of phenolic OH excluding ortho intramolecular Hbond substituents is 4. The third-order valence-electron chi connectivity index (χ3n) is 5.03. The first kappa shape index (κ1) is 24.0. The Bertz CT molecular complexity index is 966. The second-order valence-corrected chi connectivity index (χ2v) is 7.75. The number of carbonyl (C=O) groups is 1. The Labute approximate surface area is 182 Å². The fourth-order valence-electron chi connectivity index (χ4n) is 3.24. The lowest BCUT2D eigenvalue weighted by atomic mass is 9.96. The molecule has 0 heterocycles. The standard InChI is InChI=1S/C25H30O6/c1-16(2)4-3-5-18(15-26)8-12-20-22(29)14-23(30)24(25(20)31)21(28)13-9-17-6-10-19(27)11-7-17/h4,6-8,10-11,14,26-27,29-31H,3,5,9,12-13,15H2,1-2H3/b18-8-. The molecule has 0 unspecified atom stereocenters. The quantitative estimate of drug-likeness (QED) is 0.281. The SMILES string of the molecule is CC(C)=CCC/C(=C/Cc1c(O)cc(O)c(C(=O)CCc2ccc(O)cc2)c1O)CO. The van der Waals surface area contributed by atoms with Gasteiger partial charge in [-0.15, -0.1) is 0 Å². The highest BCUT2D eigenvalue weighted by Crippen LogP contribution is 2.39. The van der Waals surface area contributed by atoms with Gasteiger partial charge in [0.1, 0.15) is 28.6 Å². The van der Waals surface area contributed by atoms with Crippen molar-refractivity contribution in [2.24, 2.45) is 0 Å². The second-order valence-electron chi connectivity index (χ2n) is 7.75. The molecule has 5 N–H and O–H groups in total. The molecule has 0 saturated heterocycles. The number of hydrogen-bond acceptors (Lipinski definition) is 6. The van der Waals surface area contributed by atoms with Crippen LogP contribution in [0.1, 0.15) is 54.6 Å². The van der Waals surface area contributed by atoms with Crippen LogP contribution in [0.25, 0.3) is 0 Å². The van der Waals surface area contributed by atoms with Crippen molar-refractivity contribution < 1.29 is 30.3 Å². The number of phenols is 4. The summed E-state index contributed by atoms with van der Waals surface area (Å²) in [5.41, 5.74) is 2.66. The zero-order chi connectivity index (χ0) is 23.0. The van der Waals surface area contributed by atoms with E-state index < -0.39 is 17.3 Å². The lowest BCUT2D eigenvalue weighted by Crippen LogP contribution is -2.04. The van der Waals surface area contributed by atoms with Crippen LogP contribution in [0.5, 0.6) is 23.0 Å². The van der Waals surface area contributed by atoms with Crippen LogP contribution in [0.4, 0.5) is 0 Å². The van der Waals surface area contributed by atoms with Crippen LogP contribution in [-0.4, -0.2) is 37.9 Å². The lowest BCUT2D eigenvalue weighted by Gasteiger charge is -2.13. The van der Waals surface area contributed by atoms with Gasteiger partial charge < -0.3 is 25.5 Å². The van der Waals surface area contributed by atoms with Crippen molar-refractivity contribution in [3.8, 4) is 23.0 Å². The monoisotopic (exact) mass is 426 g/mol. The Morgan fingerprint density at radius 3 is 2.23 bits per heavy atom. The minimum atomic E-state index is -0.482. The third kappa shape index (κ3) is 6.89. The van der Waals surface area contributed by atoms with Crippen LogP contribution in [0.15, 0.2) is 53.6 Å². The Morgan fingerprint density at radius 2 is 1.61 bits per heavy atom. The average molecular weight is 427 g/mol. The van der Waals surface area contributed by atoms with Gasteiger partial charge in [-0.05, 0) is 62.8 Å². The summed E-state index contributed by atoms with van der Waals surface area (Å²) < 4.78 is 0. The van der Waals surface area contributed by atoms with Gasteiger partial charge >= 0.3 is 0 Å². The van der Waals surface area contributed by atoms with E-state index in [1.807, 2.05) is 13.8 Å². The third-order valence-corrected chi connectivity index (χ3v) is 5.03. The van der Waals surface area contributed by atoms with Gasteiger partial charge in [0.25, 0.3) is 0 Å². The van der Waals surface area contributed by atoms with E-state index in [4.69, 9.17) is 0 Å². The van der Waals surface area contributed by atoms with Crippen LogP contribution in [-0.2, 0) is 12.8 Å². The fraction of sp³-hybridized carbons (Fsp3) is 0.320. The van der Waals surface area contributed by atoms with E-state index in [0.29, 0.717) is 12.8 Å².